The summed E-state index contributed by atoms with van der Waals surface area (Å²) in [6.45, 7) is 2.50. The topological polar surface area (TPSA) is 0 Å². The van der Waals surface area contributed by atoms with Gasteiger partial charge < -0.3 is 0 Å². The lowest BCUT2D eigenvalue weighted by atomic mass is 10.3. The molecule has 1 aliphatic heterocycles. The predicted octanol–water partition coefficient (Wildman–Crippen LogP) is 0.576. The lowest BCUT2D eigenvalue weighted by Crippen LogP contribution is -2.09. The molecule has 8 heavy (non-hydrogen) atoms. The van der Waals surface area contributed by atoms with Crippen LogP contribution in [0.1, 0.15) is 19.3 Å². The molecule has 1 aliphatic rings. The predicted molar refractivity (Wildman–Crippen MR) is 47.8 cm³/mol. The van der Waals surface area contributed by atoms with Gasteiger partial charge in [-0.1, -0.05) is 37.9 Å². The molecule has 1 saturated heterocycles. The van der Waals surface area contributed by atoms with Gasteiger partial charge in [-0.2, -0.15) is 0 Å². The molecule has 1 rings (SSSR count). The number of hydrogen-bond acceptors (Lipinski definition) is 0. The zero-order chi connectivity index (χ0) is 5.11. The van der Waals surface area contributed by atoms with Gasteiger partial charge >= 0.3 is 0 Å². The first-order valence-electron chi connectivity index (χ1n) is 3.39. The lowest BCUT2D eigenvalue weighted by Gasteiger charge is -2.14. The zero-order valence-electron chi connectivity index (χ0n) is 5.11. The van der Waals surface area contributed by atoms with Crippen LogP contribution in [0.25, 0.3) is 0 Å². The van der Waals surface area contributed by atoms with Gasteiger partial charge in [-0.3, -0.25) is 0 Å². The normalized spacial score (nSPS) is 22.1. The Hall–Kier alpha value is 0.434. The quantitative estimate of drug-likeness (QED) is 0.439. The lowest BCUT2D eigenvalue weighted by molar-refractivity contribution is 0.725. The first-order chi connectivity index (χ1) is 3.39. The standard InChI is InChI=1S/C6H14Si.H4Si/c1-7-5-3-2-4-6-7;/h7H,2-6H2,1H3;1H4. The highest BCUT2D eigenvalue weighted by molar-refractivity contribution is 6.57. The maximum absolute atomic E-state index is 2.50. The average Bonchev–Trinajstić information content (AvgIpc) is 1.69. The molecule has 0 aromatic heterocycles. The summed E-state index contributed by atoms with van der Waals surface area (Å²) in [6.07, 6.45) is 4.62. The van der Waals surface area contributed by atoms with Crippen molar-refractivity contribution in [2.45, 2.75) is 37.9 Å². The molecule has 0 radical (unpaired) electrons. The second-order valence-corrected chi connectivity index (χ2v) is 6.11. The van der Waals surface area contributed by atoms with Crippen molar-refractivity contribution in [3.63, 3.8) is 0 Å². The van der Waals surface area contributed by atoms with Crippen LogP contribution in [-0.4, -0.2) is 19.8 Å². The molecule has 0 saturated carbocycles. The molecule has 0 N–H and O–H groups in total. The third-order valence-corrected chi connectivity index (χ3v) is 4.68. The van der Waals surface area contributed by atoms with Crippen molar-refractivity contribution in [2.24, 2.45) is 0 Å². The van der Waals surface area contributed by atoms with E-state index in [2.05, 4.69) is 6.55 Å². The molecule has 0 unspecified atom stereocenters. The third-order valence-electron chi connectivity index (χ3n) is 1.89. The van der Waals surface area contributed by atoms with Crippen LogP contribution >= 0.6 is 0 Å². The summed E-state index contributed by atoms with van der Waals surface area (Å²) >= 11 is 0. The van der Waals surface area contributed by atoms with Gasteiger partial charge in [0.05, 0.1) is 0 Å². The summed E-state index contributed by atoms with van der Waals surface area (Å²) in [4.78, 5) is 0. The summed E-state index contributed by atoms with van der Waals surface area (Å²) < 4.78 is 0. The van der Waals surface area contributed by atoms with Crippen molar-refractivity contribution in [3.8, 4) is 0 Å². The largest absolute Gasteiger partial charge is 0.0720 e. The summed E-state index contributed by atoms with van der Waals surface area (Å²) in [5.41, 5.74) is 0. The van der Waals surface area contributed by atoms with Crippen LogP contribution in [-0.2, 0) is 0 Å². The minimum atomic E-state index is -0.0945. The highest BCUT2D eigenvalue weighted by Crippen LogP contribution is 2.17. The molecule has 50 valence electrons. The molecule has 1 fully saturated rings. The first-order valence-corrected chi connectivity index (χ1v) is 6.18. The Labute approximate surface area is 58.3 Å². The molecule has 0 bridgehead atoms. The van der Waals surface area contributed by atoms with Crippen LogP contribution in [0, 0.1) is 0 Å². The van der Waals surface area contributed by atoms with Crippen molar-refractivity contribution in [3.05, 3.63) is 0 Å². The molecule has 0 amide bonds. The summed E-state index contributed by atoms with van der Waals surface area (Å²) in [5.74, 6) is 0. The van der Waals surface area contributed by atoms with Crippen molar-refractivity contribution in [1.82, 2.24) is 0 Å². The second-order valence-electron chi connectivity index (χ2n) is 2.74. The fourth-order valence-electron chi connectivity index (χ4n) is 1.31. The van der Waals surface area contributed by atoms with E-state index < -0.39 is 0 Å². The molecule has 0 atom stereocenters. The average molecular weight is 146 g/mol. The molecular formula is C6H18Si2. The third kappa shape index (κ3) is 2.67. The zero-order valence-corrected chi connectivity index (χ0v) is 6.27. The van der Waals surface area contributed by atoms with Crippen LogP contribution in [0.4, 0.5) is 0 Å². The van der Waals surface area contributed by atoms with Gasteiger partial charge in [-0.05, 0) is 11.0 Å². The van der Waals surface area contributed by atoms with Gasteiger partial charge in [0, 0.05) is 8.80 Å². The Balaban J connectivity index is 0.000000490. The maximum Gasteiger partial charge on any atom is 0.0336 e. The van der Waals surface area contributed by atoms with E-state index in [1.165, 1.54) is 6.42 Å². The SMILES string of the molecule is C[SiH]1CCCCC1.[SiH4]. The summed E-state index contributed by atoms with van der Waals surface area (Å²) in [5, 5.41) is 0. The number of rotatable bonds is 0. The second kappa shape index (κ2) is 4.33. The molecule has 0 aromatic carbocycles. The van der Waals surface area contributed by atoms with Crippen LogP contribution in [0.15, 0.2) is 0 Å². The van der Waals surface area contributed by atoms with Crippen LogP contribution in [0.5, 0.6) is 0 Å². The highest BCUT2D eigenvalue weighted by atomic mass is 28.3. The van der Waals surface area contributed by atoms with Crippen LogP contribution in [0.3, 0.4) is 0 Å². The molecule has 1 heterocycles. The van der Waals surface area contributed by atoms with Gasteiger partial charge in [0.15, 0.2) is 0 Å². The highest BCUT2D eigenvalue weighted by Gasteiger charge is 2.07. The van der Waals surface area contributed by atoms with Gasteiger partial charge in [0.2, 0.25) is 0 Å². The van der Waals surface area contributed by atoms with Gasteiger partial charge in [0.25, 0.3) is 0 Å². The van der Waals surface area contributed by atoms with Gasteiger partial charge in [0.1, 0.15) is 0 Å². The Bertz CT molecular complexity index is 48.5. The Morgan fingerprint density at radius 1 is 1.00 bits per heavy atom. The molecule has 0 aliphatic carbocycles. The maximum atomic E-state index is 2.50. The van der Waals surface area contributed by atoms with Crippen molar-refractivity contribution < 1.29 is 0 Å². The van der Waals surface area contributed by atoms with E-state index in [9.17, 15) is 0 Å². The molecule has 0 spiro atoms. The molecule has 0 aromatic rings. The monoisotopic (exact) mass is 146 g/mol. The fraction of sp³-hybridized carbons (Fsp3) is 1.00. The molecule has 0 nitrogen and oxygen atoms in total. The summed E-state index contributed by atoms with van der Waals surface area (Å²) in [6, 6.07) is 3.25. The smallest absolute Gasteiger partial charge is 0.0336 e. The van der Waals surface area contributed by atoms with Crippen molar-refractivity contribution in [2.75, 3.05) is 0 Å². The van der Waals surface area contributed by atoms with E-state index in [0.29, 0.717) is 0 Å². The van der Waals surface area contributed by atoms with Gasteiger partial charge in [-0.15, -0.1) is 0 Å². The Morgan fingerprint density at radius 2 is 1.50 bits per heavy atom. The fourth-order valence-corrected chi connectivity index (χ4v) is 3.57. The van der Waals surface area contributed by atoms with E-state index in [0.717, 1.165) is 0 Å². The molecular weight excluding hydrogens is 128 g/mol. The minimum Gasteiger partial charge on any atom is -0.0720 e. The van der Waals surface area contributed by atoms with Crippen LogP contribution in [0.2, 0.25) is 18.6 Å². The Morgan fingerprint density at radius 3 is 1.75 bits per heavy atom. The van der Waals surface area contributed by atoms with E-state index in [1.807, 2.05) is 0 Å². The van der Waals surface area contributed by atoms with Crippen molar-refractivity contribution in [1.29, 1.82) is 0 Å². The van der Waals surface area contributed by atoms with E-state index >= 15 is 0 Å². The minimum absolute atomic E-state index is 0. The molecule has 2 heteroatoms. The van der Waals surface area contributed by atoms with Crippen LogP contribution < -0.4 is 0 Å². The first kappa shape index (κ1) is 8.43. The van der Waals surface area contributed by atoms with E-state index in [1.54, 1.807) is 24.9 Å². The van der Waals surface area contributed by atoms with E-state index in [-0.39, 0.29) is 19.8 Å². The van der Waals surface area contributed by atoms with Gasteiger partial charge in [-0.25, -0.2) is 0 Å². The Kier molecular flexibility index (Phi) is 4.56. The number of hydrogen-bond donors (Lipinski definition) is 0. The van der Waals surface area contributed by atoms with Crippen molar-refractivity contribution >= 4 is 19.8 Å². The summed E-state index contributed by atoms with van der Waals surface area (Å²) in [7, 11) is -0.0945. The van der Waals surface area contributed by atoms with E-state index in [4.69, 9.17) is 0 Å².